The fraction of sp³-hybridized carbons (Fsp3) is 0.200. The maximum Gasteiger partial charge on any atom is 0.348 e. The van der Waals surface area contributed by atoms with Crippen molar-refractivity contribution in [3.8, 4) is 5.69 Å². The molecule has 5 rings (SSSR count). The smallest absolute Gasteiger partial charge is 0.348 e. The molecule has 2 heterocycles. The van der Waals surface area contributed by atoms with E-state index in [2.05, 4.69) is 15.7 Å². The summed E-state index contributed by atoms with van der Waals surface area (Å²) in [6, 6.07) is 18.4. The van der Waals surface area contributed by atoms with Crippen LogP contribution in [0.4, 0.5) is 5.69 Å². The van der Waals surface area contributed by atoms with Crippen LogP contribution in [0, 0.1) is 6.92 Å². The van der Waals surface area contributed by atoms with E-state index in [9.17, 15) is 14.4 Å². The van der Waals surface area contributed by atoms with Crippen LogP contribution in [0.3, 0.4) is 0 Å². The first kappa shape index (κ1) is 21.8. The van der Waals surface area contributed by atoms with Crippen molar-refractivity contribution in [2.45, 2.75) is 25.8 Å². The predicted octanol–water partition coefficient (Wildman–Crippen LogP) is 4.08. The molecule has 0 atom stereocenters. The number of carbonyl (C=O) groups excluding carboxylic acids is 3. The van der Waals surface area contributed by atoms with E-state index in [0.717, 1.165) is 34.4 Å². The number of carbonyl (C=O) groups is 3. The van der Waals surface area contributed by atoms with Crippen molar-refractivity contribution in [1.29, 1.82) is 0 Å². The van der Waals surface area contributed by atoms with Crippen LogP contribution < -0.4 is 10.6 Å². The van der Waals surface area contributed by atoms with Gasteiger partial charge in [0.25, 0.3) is 11.8 Å². The lowest BCUT2D eigenvalue weighted by atomic mass is 10.1. The zero-order valence-electron chi connectivity index (χ0n) is 18.4. The second-order valence-corrected chi connectivity index (χ2v) is 9.11. The van der Waals surface area contributed by atoms with Gasteiger partial charge in [-0.3, -0.25) is 9.59 Å². The predicted molar refractivity (Wildman–Crippen MR) is 130 cm³/mol. The van der Waals surface area contributed by atoms with E-state index in [0.29, 0.717) is 16.1 Å². The van der Waals surface area contributed by atoms with Gasteiger partial charge < -0.3 is 15.4 Å². The average molecular weight is 475 g/mol. The fourth-order valence-electron chi connectivity index (χ4n) is 3.56. The van der Waals surface area contributed by atoms with Crippen LogP contribution in [-0.4, -0.2) is 40.2 Å². The number of fused-ring (bicyclic) bond motifs is 1. The molecule has 1 aliphatic rings. The summed E-state index contributed by atoms with van der Waals surface area (Å²) in [4.78, 5) is 38.7. The molecule has 2 N–H and O–H groups in total. The van der Waals surface area contributed by atoms with E-state index in [1.807, 2.05) is 37.3 Å². The molecule has 2 amide bonds. The van der Waals surface area contributed by atoms with Gasteiger partial charge in [0.15, 0.2) is 6.61 Å². The number of aryl methyl sites for hydroxylation is 1. The zero-order chi connectivity index (χ0) is 23.7. The number of anilines is 1. The molecule has 2 aromatic heterocycles. The largest absolute Gasteiger partial charge is 0.451 e. The van der Waals surface area contributed by atoms with E-state index in [-0.39, 0.29) is 11.9 Å². The number of ether oxygens (including phenoxy) is 1. The summed E-state index contributed by atoms with van der Waals surface area (Å²) in [7, 11) is 0. The molecule has 9 heteroatoms. The van der Waals surface area contributed by atoms with Gasteiger partial charge in [0.2, 0.25) is 0 Å². The molecule has 1 saturated carbocycles. The number of thiophene rings is 1. The third-order valence-corrected chi connectivity index (χ3v) is 6.53. The Hall–Kier alpha value is -3.98. The van der Waals surface area contributed by atoms with Gasteiger partial charge in [0.05, 0.1) is 22.6 Å². The molecule has 0 saturated heterocycles. The summed E-state index contributed by atoms with van der Waals surface area (Å²) in [6.45, 7) is 1.42. The third-order valence-electron chi connectivity index (χ3n) is 5.44. The molecule has 172 valence electrons. The van der Waals surface area contributed by atoms with Crippen molar-refractivity contribution in [3.63, 3.8) is 0 Å². The monoisotopic (exact) mass is 474 g/mol. The zero-order valence-corrected chi connectivity index (χ0v) is 19.2. The minimum atomic E-state index is -0.588. The van der Waals surface area contributed by atoms with Crippen LogP contribution in [-0.2, 0) is 9.53 Å². The number of benzene rings is 2. The lowest BCUT2D eigenvalue weighted by Gasteiger charge is -2.11. The Morgan fingerprint density at radius 2 is 1.82 bits per heavy atom. The number of hydrogen-bond donors (Lipinski definition) is 2. The second-order valence-electron chi connectivity index (χ2n) is 8.08. The van der Waals surface area contributed by atoms with E-state index < -0.39 is 18.5 Å². The Balaban J connectivity index is 1.25. The van der Waals surface area contributed by atoms with Gasteiger partial charge in [-0.1, -0.05) is 30.3 Å². The van der Waals surface area contributed by atoms with Crippen LogP contribution in [0.25, 0.3) is 15.9 Å². The lowest BCUT2D eigenvalue weighted by molar-refractivity contribution is -0.119. The third kappa shape index (κ3) is 4.55. The molecule has 8 nitrogen and oxygen atoms in total. The van der Waals surface area contributed by atoms with Crippen molar-refractivity contribution < 1.29 is 19.1 Å². The van der Waals surface area contributed by atoms with E-state index in [1.54, 1.807) is 35.0 Å². The highest BCUT2D eigenvalue weighted by Gasteiger charge is 2.25. The molecule has 0 spiro atoms. The number of nitrogens with one attached hydrogen (secondary N) is 2. The Kier molecular flexibility index (Phi) is 5.85. The maximum atomic E-state index is 12.6. The van der Waals surface area contributed by atoms with Crippen molar-refractivity contribution in [3.05, 3.63) is 76.8 Å². The second kappa shape index (κ2) is 9.11. The Bertz CT molecular complexity index is 1390. The van der Waals surface area contributed by atoms with Crippen LogP contribution >= 0.6 is 11.3 Å². The molecule has 1 fully saturated rings. The van der Waals surface area contributed by atoms with Crippen LogP contribution in [0.1, 0.15) is 38.6 Å². The molecular formula is C25H22N4O4S. The summed E-state index contributed by atoms with van der Waals surface area (Å²) >= 11 is 1.26. The standard InChI is InChI=1S/C25H22N4O4S/c1-15-19-13-21(34-24(19)29(28-15)17-7-3-2-4-8-17)25(32)33-14-22(30)27-20-10-6-5-9-18(20)23(31)26-16-11-12-16/h2-10,13,16H,11-12,14H2,1H3,(H,26,31)(H,27,30). The molecular weight excluding hydrogens is 452 g/mol. The first-order valence-electron chi connectivity index (χ1n) is 10.9. The molecule has 0 radical (unpaired) electrons. The van der Waals surface area contributed by atoms with Gasteiger partial charge >= 0.3 is 5.97 Å². The van der Waals surface area contributed by atoms with Crippen LogP contribution in [0.2, 0.25) is 0 Å². The highest BCUT2D eigenvalue weighted by atomic mass is 32.1. The SMILES string of the molecule is Cc1nn(-c2ccccc2)c2sc(C(=O)OCC(=O)Nc3ccccc3C(=O)NC3CC3)cc12. The van der Waals surface area contributed by atoms with E-state index in [4.69, 9.17) is 4.74 Å². The minimum Gasteiger partial charge on any atom is -0.451 e. The van der Waals surface area contributed by atoms with Gasteiger partial charge in [-0.2, -0.15) is 5.10 Å². The number of hydrogen-bond acceptors (Lipinski definition) is 6. The van der Waals surface area contributed by atoms with E-state index >= 15 is 0 Å². The average Bonchev–Trinajstić information content (AvgIpc) is 3.45. The van der Waals surface area contributed by atoms with Crippen LogP contribution in [0.15, 0.2) is 60.7 Å². The van der Waals surface area contributed by atoms with E-state index in [1.165, 1.54) is 11.3 Å². The fourth-order valence-corrected chi connectivity index (χ4v) is 4.64. The summed E-state index contributed by atoms with van der Waals surface area (Å²) < 4.78 is 7.04. The number of aromatic nitrogens is 2. The highest BCUT2D eigenvalue weighted by molar-refractivity contribution is 7.20. The molecule has 0 aliphatic heterocycles. The topological polar surface area (TPSA) is 102 Å². The van der Waals surface area contributed by atoms with Gasteiger partial charge in [-0.15, -0.1) is 11.3 Å². The van der Waals surface area contributed by atoms with Crippen molar-refractivity contribution in [2.24, 2.45) is 0 Å². The maximum absolute atomic E-state index is 12.6. The Labute approximate surface area is 199 Å². The molecule has 1 aliphatic carbocycles. The number of nitrogens with zero attached hydrogens (tertiary/aromatic N) is 2. The van der Waals surface area contributed by atoms with Gasteiger partial charge in [-0.25, -0.2) is 9.48 Å². The summed E-state index contributed by atoms with van der Waals surface area (Å²) in [6.07, 6.45) is 1.94. The molecule has 0 bridgehead atoms. The summed E-state index contributed by atoms with van der Waals surface area (Å²) in [5.74, 6) is -1.34. The molecule has 2 aromatic carbocycles. The summed E-state index contributed by atoms with van der Waals surface area (Å²) in [5.41, 5.74) is 2.45. The quantitative estimate of drug-likeness (QED) is 0.393. The van der Waals surface area contributed by atoms with Crippen molar-refractivity contribution in [2.75, 3.05) is 11.9 Å². The molecule has 4 aromatic rings. The first-order valence-corrected chi connectivity index (χ1v) is 11.7. The normalized spacial score (nSPS) is 13.0. The molecule has 34 heavy (non-hydrogen) atoms. The van der Waals surface area contributed by atoms with Gasteiger partial charge in [0.1, 0.15) is 9.71 Å². The van der Waals surface area contributed by atoms with Gasteiger partial charge in [0, 0.05) is 11.4 Å². The number of rotatable bonds is 7. The number of esters is 1. The Morgan fingerprint density at radius 3 is 2.59 bits per heavy atom. The first-order chi connectivity index (χ1) is 16.5. The van der Waals surface area contributed by atoms with Crippen molar-refractivity contribution in [1.82, 2.24) is 15.1 Å². The molecule has 0 unspecified atom stereocenters. The lowest BCUT2D eigenvalue weighted by Crippen LogP contribution is -2.27. The van der Waals surface area contributed by atoms with Crippen molar-refractivity contribution >= 4 is 45.0 Å². The number of para-hydroxylation sites is 2. The number of amides is 2. The highest BCUT2D eigenvalue weighted by Crippen LogP contribution is 2.30. The van der Waals surface area contributed by atoms with Crippen LogP contribution in [0.5, 0.6) is 0 Å². The Morgan fingerprint density at radius 1 is 1.09 bits per heavy atom. The summed E-state index contributed by atoms with van der Waals surface area (Å²) in [5, 5.41) is 11.0. The minimum absolute atomic E-state index is 0.205. The van der Waals surface area contributed by atoms with Gasteiger partial charge in [-0.05, 0) is 50.1 Å².